The zero-order valence-corrected chi connectivity index (χ0v) is 15.7. The quantitative estimate of drug-likeness (QED) is 0.719. The highest BCUT2D eigenvalue weighted by atomic mass is 35.5. The fourth-order valence-electron chi connectivity index (χ4n) is 2.79. The minimum Gasteiger partial charge on any atom is -0.382 e. The van der Waals surface area contributed by atoms with Crippen molar-refractivity contribution < 1.29 is 36.0 Å². The molecule has 0 radical (unpaired) electrons. The number of ether oxygens (including phenoxy) is 1. The molecular weight excluding hydrogens is 418 g/mol. The van der Waals surface area contributed by atoms with Gasteiger partial charge in [-0.05, 0) is 13.8 Å². The highest BCUT2D eigenvalue weighted by Crippen LogP contribution is 2.61. The molecule has 9 nitrogen and oxygen atoms in total. The number of aromatic nitrogens is 2. The minimum absolute atomic E-state index is 0.211. The van der Waals surface area contributed by atoms with Gasteiger partial charge in [-0.15, -0.1) is 0 Å². The number of rotatable bonds is 4. The van der Waals surface area contributed by atoms with E-state index in [2.05, 4.69) is 4.98 Å². The van der Waals surface area contributed by atoms with Gasteiger partial charge in [0.25, 0.3) is 6.43 Å². The molecule has 1 aromatic heterocycles. The molecule has 3 rings (SSSR count). The third-order valence-electron chi connectivity index (χ3n) is 3.99. The smallest absolute Gasteiger partial charge is 0.382 e. The number of hydrogen-bond donors (Lipinski definition) is 1. The van der Waals surface area contributed by atoms with E-state index in [0.29, 0.717) is 4.57 Å². The van der Waals surface area contributed by atoms with Gasteiger partial charge in [0.15, 0.2) is 18.0 Å². The zero-order valence-electron chi connectivity index (χ0n) is 14.1. The van der Waals surface area contributed by atoms with Gasteiger partial charge in [0.2, 0.25) is 0 Å². The van der Waals surface area contributed by atoms with Crippen LogP contribution in [0.1, 0.15) is 20.1 Å². The molecule has 2 aliphatic rings. The summed E-state index contributed by atoms with van der Waals surface area (Å²) in [7, 11) is -4.31. The zero-order chi connectivity index (χ0) is 20.1. The van der Waals surface area contributed by atoms with E-state index in [-0.39, 0.29) is 10.8 Å². The van der Waals surface area contributed by atoms with Gasteiger partial charge >= 0.3 is 13.5 Å². The lowest BCUT2D eigenvalue weighted by atomic mass is 9.97. The topological polar surface area (TPSA) is 115 Å². The van der Waals surface area contributed by atoms with Gasteiger partial charge in [0, 0.05) is 6.20 Å². The number of nitrogens with zero attached hydrogens (tertiary/aromatic N) is 2. The number of phosphoric acid groups is 1. The van der Waals surface area contributed by atoms with Crippen LogP contribution in [0.25, 0.3) is 0 Å². The summed E-state index contributed by atoms with van der Waals surface area (Å²) in [6.07, 6.45) is -9.25. The van der Waals surface area contributed by atoms with E-state index < -0.39 is 56.8 Å². The minimum atomic E-state index is -4.31. The fourth-order valence-corrected chi connectivity index (χ4v) is 4.56. The molecule has 2 N–H and O–H groups in total. The molecule has 2 saturated heterocycles. The van der Waals surface area contributed by atoms with Crippen molar-refractivity contribution in [3.05, 3.63) is 21.7 Å². The molecule has 3 heterocycles. The Balaban J connectivity index is 2.00. The van der Waals surface area contributed by atoms with Crippen molar-refractivity contribution in [1.29, 1.82) is 0 Å². The molecule has 0 spiro atoms. The molecule has 152 valence electrons. The van der Waals surface area contributed by atoms with E-state index in [4.69, 9.17) is 35.6 Å². The van der Waals surface area contributed by atoms with Gasteiger partial charge < -0.3 is 10.5 Å². The number of nitrogens with two attached hydrogens (primary N) is 1. The van der Waals surface area contributed by atoms with Crippen molar-refractivity contribution in [3.63, 3.8) is 0 Å². The first-order chi connectivity index (χ1) is 12.5. The van der Waals surface area contributed by atoms with Crippen molar-refractivity contribution in [2.75, 3.05) is 12.3 Å². The Morgan fingerprint density at radius 3 is 2.78 bits per heavy atom. The summed E-state index contributed by atoms with van der Waals surface area (Å²) in [6, 6.07) is 0. The summed E-state index contributed by atoms with van der Waals surface area (Å²) in [5.41, 5.74) is 1.71. The molecule has 2 aliphatic heterocycles. The van der Waals surface area contributed by atoms with Crippen LogP contribution in [-0.4, -0.2) is 46.6 Å². The van der Waals surface area contributed by atoms with Crippen LogP contribution in [0.2, 0.25) is 5.02 Å². The van der Waals surface area contributed by atoms with Gasteiger partial charge in [-0.3, -0.25) is 18.1 Å². The third kappa shape index (κ3) is 3.50. The van der Waals surface area contributed by atoms with Crippen molar-refractivity contribution in [3.8, 4) is 0 Å². The Kier molecular flexibility index (Phi) is 5.34. The lowest BCUT2D eigenvalue weighted by molar-refractivity contribution is -0.208. The first kappa shape index (κ1) is 20.6. The van der Waals surface area contributed by atoms with Crippen molar-refractivity contribution >= 4 is 25.2 Å². The molecule has 0 saturated carbocycles. The van der Waals surface area contributed by atoms with Crippen molar-refractivity contribution in [2.45, 2.75) is 50.5 Å². The van der Waals surface area contributed by atoms with Crippen LogP contribution in [0, 0.1) is 0 Å². The highest BCUT2D eigenvalue weighted by Gasteiger charge is 2.68. The summed E-state index contributed by atoms with van der Waals surface area (Å²) >= 11 is 5.77. The predicted molar refractivity (Wildman–Crippen MR) is 86.3 cm³/mol. The number of anilines is 1. The molecule has 0 bridgehead atoms. The molecule has 27 heavy (non-hydrogen) atoms. The van der Waals surface area contributed by atoms with Crippen LogP contribution >= 0.6 is 19.4 Å². The van der Waals surface area contributed by atoms with E-state index >= 15 is 4.39 Å². The number of hydrogen-bond acceptors (Lipinski definition) is 8. The SMILES string of the molecule is CC(C)OP1(=O)OC[C@@]2(C(F)F)O[C@@H](n3cc(Cl)c(N)nc3=O)[C@@H](F)[C@@H]2O1. The predicted octanol–water partition coefficient (Wildman–Crippen LogP) is 2.30. The first-order valence-corrected chi connectivity index (χ1v) is 9.58. The van der Waals surface area contributed by atoms with Crippen LogP contribution in [0.3, 0.4) is 0 Å². The normalized spacial score (nSPS) is 36.4. The average Bonchev–Trinajstić information content (AvgIpc) is 2.84. The average molecular weight is 434 g/mol. The van der Waals surface area contributed by atoms with Gasteiger partial charge in [-0.1, -0.05) is 11.6 Å². The maximum absolute atomic E-state index is 15.0. The van der Waals surface area contributed by atoms with Crippen LogP contribution in [0.4, 0.5) is 19.0 Å². The second-order valence-corrected chi connectivity index (χ2v) is 8.25. The molecule has 0 aliphatic carbocycles. The molecule has 14 heteroatoms. The molecular formula is C13H16ClF3N3O6P. The maximum atomic E-state index is 15.0. The third-order valence-corrected chi connectivity index (χ3v) is 5.89. The first-order valence-electron chi connectivity index (χ1n) is 7.74. The molecule has 0 aromatic carbocycles. The van der Waals surface area contributed by atoms with Gasteiger partial charge in [0.1, 0.15) is 11.9 Å². The summed E-state index contributed by atoms with van der Waals surface area (Å²) in [6.45, 7) is 2.04. The van der Waals surface area contributed by atoms with Crippen molar-refractivity contribution in [1.82, 2.24) is 9.55 Å². The van der Waals surface area contributed by atoms with Gasteiger partial charge in [0.05, 0.1) is 17.7 Å². The maximum Gasteiger partial charge on any atom is 0.475 e. The number of alkyl halides is 3. The fraction of sp³-hybridized carbons (Fsp3) is 0.692. The molecule has 5 atom stereocenters. The van der Waals surface area contributed by atoms with Gasteiger partial charge in [-0.2, -0.15) is 4.98 Å². The Hall–Kier alpha value is -1.17. The number of phosphoric ester groups is 1. The van der Waals surface area contributed by atoms with E-state index in [9.17, 15) is 18.1 Å². The largest absolute Gasteiger partial charge is 0.475 e. The molecule has 2 fully saturated rings. The number of fused-ring (bicyclic) bond motifs is 1. The van der Waals surface area contributed by atoms with Crippen LogP contribution in [-0.2, 0) is 22.9 Å². The van der Waals surface area contributed by atoms with Crippen LogP contribution < -0.4 is 11.4 Å². The van der Waals surface area contributed by atoms with E-state index in [1.54, 1.807) is 0 Å². The van der Waals surface area contributed by atoms with Gasteiger partial charge in [-0.25, -0.2) is 22.5 Å². The Labute approximate surface area is 156 Å². The summed E-state index contributed by atoms with van der Waals surface area (Å²) < 4.78 is 75.5. The van der Waals surface area contributed by atoms with Crippen LogP contribution in [0.5, 0.6) is 0 Å². The second-order valence-electron chi connectivity index (χ2n) is 6.27. The summed E-state index contributed by atoms with van der Waals surface area (Å²) in [5.74, 6) is -0.318. The van der Waals surface area contributed by atoms with Crippen molar-refractivity contribution in [2.24, 2.45) is 0 Å². The standard InChI is InChI=1S/C13H16ClF3N3O6P/c1-5(2)25-27(22)23-4-13(11(16)17)8(26-27)7(15)10(24-13)20-3-6(14)9(18)19-12(20)21/h3,5,7-8,10-11H,4H2,1-2H3,(H2,18,19,21)/t7-,8-,10+,13+,27?/m0/s1. The monoisotopic (exact) mass is 433 g/mol. The van der Waals surface area contributed by atoms with E-state index in [1.807, 2.05) is 0 Å². The van der Waals surface area contributed by atoms with E-state index in [1.165, 1.54) is 13.8 Å². The lowest BCUT2D eigenvalue weighted by Crippen LogP contribution is -2.55. The number of halogens is 4. The van der Waals surface area contributed by atoms with Crippen LogP contribution in [0.15, 0.2) is 11.0 Å². The number of nitrogen functional groups attached to an aromatic ring is 1. The summed E-state index contributed by atoms with van der Waals surface area (Å²) in [4.78, 5) is 15.4. The lowest BCUT2D eigenvalue weighted by Gasteiger charge is -2.39. The second kappa shape index (κ2) is 7.02. The Bertz CT molecular complexity index is 842. The van der Waals surface area contributed by atoms with E-state index in [0.717, 1.165) is 6.20 Å². The highest BCUT2D eigenvalue weighted by molar-refractivity contribution is 7.48. The molecule has 1 aromatic rings. The summed E-state index contributed by atoms with van der Waals surface area (Å²) in [5, 5.41) is -0.211. The molecule has 1 unspecified atom stereocenters. The molecule has 0 amide bonds. The Morgan fingerprint density at radius 2 is 2.19 bits per heavy atom. The Morgan fingerprint density at radius 1 is 1.52 bits per heavy atom.